The summed E-state index contributed by atoms with van der Waals surface area (Å²) >= 11 is 0. The highest BCUT2D eigenvalue weighted by Gasteiger charge is 2.27. The fourth-order valence-corrected chi connectivity index (χ4v) is 3.19. The molecule has 1 aliphatic rings. The molecule has 6 nitrogen and oxygen atoms in total. The van der Waals surface area contributed by atoms with E-state index in [1.165, 1.54) is 5.56 Å². The summed E-state index contributed by atoms with van der Waals surface area (Å²) in [7, 11) is 1.77. The minimum atomic E-state index is 0.0551. The lowest BCUT2D eigenvalue weighted by atomic mass is 10.1. The van der Waals surface area contributed by atoms with Gasteiger partial charge in [0.15, 0.2) is 5.96 Å². The zero-order valence-corrected chi connectivity index (χ0v) is 17.1. The Morgan fingerprint density at radius 3 is 2.70 bits per heavy atom. The molecule has 0 radical (unpaired) electrons. The monoisotopic (exact) mass is 374 g/mol. The standard InChI is InChI=1S/C21H34N4O2/c1-16(2)20(26)25-13-11-19(15-25)24-21(22-4)23-12-8-14-27-17(3)18-9-6-5-7-10-18/h5-7,9-10,16-17,19H,8,11-15H2,1-4H3,(H2,22,23,24). The first kappa shape index (κ1) is 21.2. The molecule has 1 aromatic carbocycles. The molecule has 150 valence electrons. The van der Waals surface area contributed by atoms with Crippen molar-refractivity contribution in [2.24, 2.45) is 10.9 Å². The Labute approximate surface area is 163 Å². The third-order valence-electron chi connectivity index (χ3n) is 4.81. The number of rotatable bonds is 8. The second kappa shape index (κ2) is 10.9. The summed E-state index contributed by atoms with van der Waals surface area (Å²) in [5.74, 6) is 1.07. The maximum absolute atomic E-state index is 12.1. The van der Waals surface area contributed by atoms with Gasteiger partial charge < -0.3 is 20.3 Å². The molecule has 0 spiro atoms. The Hall–Kier alpha value is -2.08. The first-order chi connectivity index (χ1) is 13.0. The number of nitrogens with zero attached hydrogens (tertiary/aromatic N) is 2. The zero-order chi connectivity index (χ0) is 19.6. The second-order valence-corrected chi connectivity index (χ2v) is 7.35. The molecule has 2 rings (SSSR count). The molecule has 2 atom stereocenters. The summed E-state index contributed by atoms with van der Waals surface area (Å²) in [5.41, 5.74) is 1.20. The lowest BCUT2D eigenvalue weighted by Gasteiger charge is -2.20. The van der Waals surface area contributed by atoms with Crippen molar-refractivity contribution in [3.63, 3.8) is 0 Å². The molecule has 1 aromatic rings. The van der Waals surface area contributed by atoms with E-state index in [9.17, 15) is 4.79 Å². The number of hydrogen-bond donors (Lipinski definition) is 2. The van der Waals surface area contributed by atoms with Crippen molar-refractivity contribution in [3.8, 4) is 0 Å². The first-order valence-electron chi connectivity index (χ1n) is 9.93. The van der Waals surface area contributed by atoms with Gasteiger partial charge in [0.05, 0.1) is 6.10 Å². The van der Waals surface area contributed by atoms with E-state index in [1.807, 2.05) is 36.9 Å². The molecule has 1 heterocycles. The van der Waals surface area contributed by atoms with E-state index >= 15 is 0 Å². The summed E-state index contributed by atoms with van der Waals surface area (Å²) < 4.78 is 5.90. The third-order valence-corrected chi connectivity index (χ3v) is 4.81. The number of carbonyl (C=O) groups excluding carboxylic acids is 1. The Morgan fingerprint density at radius 2 is 2.04 bits per heavy atom. The lowest BCUT2D eigenvalue weighted by molar-refractivity contribution is -0.133. The molecule has 2 N–H and O–H groups in total. The minimum Gasteiger partial charge on any atom is -0.374 e. The van der Waals surface area contributed by atoms with E-state index in [0.717, 1.165) is 38.4 Å². The predicted molar refractivity (Wildman–Crippen MR) is 110 cm³/mol. The SMILES string of the molecule is CN=C(NCCCOC(C)c1ccccc1)NC1CCN(C(=O)C(C)C)C1. The van der Waals surface area contributed by atoms with Gasteiger partial charge in [0.1, 0.15) is 0 Å². The molecule has 27 heavy (non-hydrogen) atoms. The average molecular weight is 375 g/mol. The van der Waals surface area contributed by atoms with Crippen LogP contribution in [-0.4, -0.2) is 56.1 Å². The van der Waals surface area contributed by atoms with Gasteiger partial charge in [-0.25, -0.2) is 0 Å². The fourth-order valence-electron chi connectivity index (χ4n) is 3.19. The topological polar surface area (TPSA) is 66.0 Å². The van der Waals surface area contributed by atoms with Crippen LogP contribution in [0.25, 0.3) is 0 Å². The molecule has 0 bridgehead atoms. The van der Waals surface area contributed by atoms with Crippen molar-refractivity contribution in [1.82, 2.24) is 15.5 Å². The molecule has 1 amide bonds. The van der Waals surface area contributed by atoms with Crippen LogP contribution in [0.3, 0.4) is 0 Å². The largest absolute Gasteiger partial charge is 0.374 e. The Morgan fingerprint density at radius 1 is 1.30 bits per heavy atom. The van der Waals surface area contributed by atoms with E-state index in [0.29, 0.717) is 6.61 Å². The van der Waals surface area contributed by atoms with Crippen LogP contribution in [0.5, 0.6) is 0 Å². The zero-order valence-electron chi connectivity index (χ0n) is 17.1. The highest BCUT2D eigenvalue weighted by molar-refractivity contribution is 5.81. The molecule has 1 saturated heterocycles. The van der Waals surface area contributed by atoms with Gasteiger partial charge in [-0.1, -0.05) is 44.2 Å². The molecular formula is C21H34N4O2. The molecular weight excluding hydrogens is 340 g/mol. The van der Waals surface area contributed by atoms with Crippen molar-refractivity contribution >= 4 is 11.9 Å². The van der Waals surface area contributed by atoms with Crippen LogP contribution < -0.4 is 10.6 Å². The van der Waals surface area contributed by atoms with E-state index in [4.69, 9.17) is 4.74 Å². The number of carbonyl (C=O) groups is 1. The molecule has 2 unspecified atom stereocenters. The molecule has 1 fully saturated rings. The van der Waals surface area contributed by atoms with Crippen LogP contribution in [0.15, 0.2) is 35.3 Å². The van der Waals surface area contributed by atoms with Gasteiger partial charge in [0.25, 0.3) is 0 Å². The minimum absolute atomic E-state index is 0.0551. The molecule has 6 heteroatoms. The van der Waals surface area contributed by atoms with Crippen LogP contribution in [0.1, 0.15) is 45.3 Å². The van der Waals surface area contributed by atoms with Crippen molar-refractivity contribution in [3.05, 3.63) is 35.9 Å². The maximum atomic E-state index is 12.1. The average Bonchev–Trinajstić information content (AvgIpc) is 3.15. The number of nitrogens with one attached hydrogen (secondary N) is 2. The van der Waals surface area contributed by atoms with Crippen molar-refractivity contribution in [2.75, 3.05) is 33.3 Å². The van der Waals surface area contributed by atoms with Crippen molar-refractivity contribution < 1.29 is 9.53 Å². The fraction of sp³-hybridized carbons (Fsp3) is 0.619. The third kappa shape index (κ3) is 6.86. The Bertz CT molecular complexity index is 603. The van der Waals surface area contributed by atoms with Crippen LogP contribution >= 0.6 is 0 Å². The summed E-state index contributed by atoms with van der Waals surface area (Å²) in [6.45, 7) is 9.02. The number of aliphatic imine (C=N–C) groups is 1. The van der Waals surface area contributed by atoms with Crippen LogP contribution in [0, 0.1) is 5.92 Å². The predicted octanol–water partition coefficient (Wildman–Crippen LogP) is 2.58. The van der Waals surface area contributed by atoms with Gasteiger partial charge in [0, 0.05) is 45.2 Å². The van der Waals surface area contributed by atoms with Gasteiger partial charge in [-0.3, -0.25) is 9.79 Å². The van der Waals surface area contributed by atoms with E-state index in [1.54, 1.807) is 7.05 Å². The summed E-state index contributed by atoms with van der Waals surface area (Å²) in [4.78, 5) is 18.3. The second-order valence-electron chi connectivity index (χ2n) is 7.35. The smallest absolute Gasteiger partial charge is 0.225 e. The number of amides is 1. The number of hydrogen-bond acceptors (Lipinski definition) is 3. The molecule has 0 aliphatic carbocycles. The van der Waals surface area contributed by atoms with Gasteiger partial charge in [0.2, 0.25) is 5.91 Å². The highest BCUT2D eigenvalue weighted by atomic mass is 16.5. The van der Waals surface area contributed by atoms with Crippen LogP contribution in [0.4, 0.5) is 0 Å². The number of guanidine groups is 1. The van der Waals surface area contributed by atoms with E-state index in [-0.39, 0.29) is 24.0 Å². The van der Waals surface area contributed by atoms with Gasteiger partial charge in [-0.15, -0.1) is 0 Å². The quantitative estimate of drug-likeness (QED) is 0.417. The molecule has 0 saturated carbocycles. The summed E-state index contributed by atoms with van der Waals surface area (Å²) in [5, 5.41) is 6.75. The normalized spacial score (nSPS) is 18.6. The first-order valence-corrected chi connectivity index (χ1v) is 9.93. The van der Waals surface area contributed by atoms with E-state index < -0.39 is 0 Å². The van der Waals surface area contributed by atoms with Gasteiger partial charge in [-0.2, -0.15) is 0 Å². The van der Waals surface area contributed by atoms with Crippen LogP contribution in [0.2, 0.25) is 0 Å². The summed E-state index contributed by atoms with van der Waals surface area (Å²) in [6.07, 6.45) is 1.96. The lowest BCUT2D eigenvalue weighted by Crippen LogP contribution is -2.45. The van der Waals surface area contributed by atoms with Crippen LogP contribution in [-0.2, 0) is 9.53 Å². The molecule has 0 aromatic heterocycles. The highest BCUT2D eigenvalue weighted by Crippen LogP contribution is 2.16. The van der Waals surface area contributed by atoms with Crippen molar-refractivity contribution in [1.29, 1.82) is 0 Å². The maximum Gasteiger partial charge on any atom is 0.225 e. The van der Waals surface area contributed by atoms with Gasteiger partial charge in [-0.05, 0) is 25.3 Å². The number of likely N-dealkylation sites (tertiary alicyclic amines) is 1. The molecule has 1 aliphatic heterocycles. The van der Waals surface area contributed by atoms with Gasteiger partial charge >= 0.3 is 0 Å². The Balaban J connectivity index is 1.63. The summed E-state index contributed by atoms with van der Waals surface area (Å²) in [6, 6.07) is 10.5. The number of ether oxygens (including phenoxy) is 1. The Kier molecular flexibility index (Phi) is 8.58. The van der Waals surface area contributed by atoms with E-state index in [2.05, 4.69) is 34.7 Å². The van der Waals surface area contributed by atoms with Crippen molar-refractivity contribution in [2.45, 2.75) is 45.8 Å². The number of benzene rings is 1.